The van der Waals surface area contributed by atoms with E-state index in [0.717, 1.165) is 24.8 Å². The first kappa shape index (κ1) is 13.6. The highest BCUT2D eigenvalue weighted by Gasteiger charge is 2.64. The summed E-state index contributed by atoms with van der Waals surface area (Å²) in [7, 11) is 0. The second-order valence-corrected chi connectivity index (χ2v) is 9.43. The van der Waals surface area contributed by atoms with Gasteiger partial charge >= 0.3 is 0 Å². The number of hydrogen-bond donors (Lipinski definition) is 1. The average Bonchev–Trinajstić information content (AvgIpc) is 2.25. The SMILES string of the molecule is CC12CC3(C)CC(C)(C1)CC(c1cc(F)ccc1O)(C2)C3. The summed E-state index contributed by atoms with van der Waals surface area (Å²) in [5, 5.41) is 10.4. The lowest BCUT2D eigenvalue weighted by molar-refractivity contribution is -0.152. The van der Waals surface area contributed by atoms with Crippen molar-refractivity contribution in [1.29, 1.82) is 0 Å². The molecular formula is C19H25FO. The van der Waals surface area contributed by atoms with Gasteiger partial charge in [-0.15, -0.1) is 0 Å². The third-order valence-electron chi connectivity index (χ3n) is 6.39. The molecule has 1 aromatic carbocycles. The predicted octanol–water partition coefficient (Wildman–Crippen LogP) is 5.17. The van der Waals surface area contributed by atoms with Crippen LogP contribution >= 0.6 is 0 Å². The van der Waals surface area contributed by atoms with E-state index in [9.17, 15) is 9.50 Å². The minimum Gasteiger partial charge on any atom is -0.508 e. The summed E-state index contributed by atoms with van der Waals surface area (Å²) in [6, 6.07) is 4.50. The number of benzene rings is 1. The van der Waals surface area contributed by atoms with Crippen LogP contribution in [0.15, 0.2) is 18.2 Å². The van der Waals surface area contributed by atoms with Gasteiger partial charge in [-0.2, -0.15) is 0 Å². The van der Waals surface area contributed by atoms with Crippen molar-refractivity contribution in [2.75, 3.05) is 0 Å². The van der Waals surface area contributed by atoms with Gasteiger partial charge in [0.25, 0.3) is 0 Å². The lowest BCUT2D eigenvalue weighted by Gasteiger charge is -2.69. The minimum atomic E-state index is -0.223. The summed E-state index contributed by atoms with van der Waals surface area (Å²) >= 11 is 0. The maximum absolute atomic E-state index is 13.8. The van der Waals surface area contributed by atoms with E-state index in [2.05, 4.69) is 20.8 Å². The second-order valence-electron chi connectivity index (χ2n) is 9.43. The van der Waals surface area contributed by atoms with E-state index in [-0.39, 0.29) is 17.0 Å². The normalized spacial score (nSPS) is 47.8. The zero-order valence-electron chi connectivity index (χ0n) is 13.3. The average molecular weight is 288 g/mol. The molecule has 0 heterocycles. The number of rotatable bonds is 1. The molecule has 4 aliphatic rings. The van der Waals surface area contributed by atoms with Crippen molar-refractivity contribution in [2.24, 2.45) is 16.2 Å². The molecule has 0 radical (unpaired) electrons. The van der Waals surface area contributed by atoms with E-state index < -0.39 is 0 Å². The molecule has 0 saturated heterocycles. The number of hydrogen-bond acceptors (Lipinski definition) is 1. The molecule has 1 N–H and O–H groups in total. The van der Waals surface area contributed by atoms with Crippen LogP contribution in [-0.2, 0) is 5.41 Å². The van der Waals surface area contributed by atoms with Crippen LogP contribution in [0.5, 0.6) is 5.75 Å². The third kappa shape index (κ3) is 1.87. The molecule has 4 aliphatic carbocycles. The van der Waals surface area contributed by atoms with Gasteiger partial charge in [0.15, 0.2) is 0 Å². The van der Waals surface area contributed by atoms with Gasteiger partial charge in [0, 0.05) is 11.0 Å². The number of phenols is 1. The molecule has 0 amide bonds. The summed E-state index contributed by atoms with van der Waals surface area (Å²) in [4.78, 5) is 0. The molecular weight excluding hydrogens is 263 g/mol. The molecule has 114 valence electrons. The van der Waals surface area contributed by atoms with Crippen LogP contribution in [0.3, 0.4) is 0 Å². The van der Waals surface area contributed by atoms with Crippen molar-refractivity contribution in [3.05, 3.63) is 29.6 Å². The lowest BCUT2D eigenvalue weighted by atomic mass is 9.35. The second kappa shape index (κ2) is 3.64. The molecule has 0 aromatic heterocycles. The quantitative estimate of drug-likeness (QED) is 0.756. The van der Waals surface area contributed by atoms with Crippen LogP contribution in [0, 0.1) is 22.1 Å². The van der Waals surface area contributed by atoms with Gasteiger partial charge in [0.05, 0.1) is 0 Å². The highest BCUT2D eigenvalue weighted by atomic mass is 19.1. The molecule has 1 nitrogen and oxygen atoms in total. The molecule has 2 heteroatoms. The largest absolute Gasteiger partial charge is 0.508 e. The lowest BCUT2D eigenvalue weighted by Crippen LogP contribution is -2.60. The van der Waals surface area contributed by atoms with Crippen LogP contribution in [0.25, 0.3) is 0 Å². The van der Waals surface area contributed by atoms with Gasteiger partial charge in [-0.05, 0) is 73.0 Å². The van der Waals surface area contributed by atoms with E-state index in [0.29, 0.717) is 16.2 Å². The Hall–Kier alpha value is -1.05. The molecule has 0 aliphatic heterocycles. The van der Waals surface area contributed by atoms with E-state index in [1.54, 1.807) is 6.07 Å². The Morgan fingerprint density at radius 1 is 0.857 bits per heavy atom. The van der Waals surface area contributed by atoms with Crippen molar-refractivity contribution in [2.45, 2.75) is 64.7 Å². The van der Waals surface area contributed by atoms with Gasteiger partial charge in [-0.3, -0.25) is 0 Å². The molecule has 1 aromatic rings. The summed E-state index contributed by atoms with van der Waals surface area (Å²) in [5.74, 6) is 0.0631. The van der Waals surface area contributed by atoms with E-state index in [1.807, 2.05) is 0 Å². The van der Waals surface area contributed by atoms with E-state index >= 15 is 0 Å². The maximum atomic E-state index is 13.8. The topological polar surface area (TPSA) is 20.2 Å². The smallest absolute Gasteiger partial charge is 0.123 e. The fourth-order valence-electron chi connectivity index (χ4n) is 7.51. The standard InChI is InChI=1S/C19H25FO/c1-16-7-17(2)9-18(3,8-16)12-19(10-16,11-17)14-6-13(20)4-5-15(14)21/h4-6,21H,7-12H2,1-3H3. The maximum Gasteiger partial charge on any atom is 0.123 e. The van der Waals surface area contributed by atoms with Crippen molar-refractivity contribution in [3.63, 3.8) is 0 Å². The Balaban J connectivity index is 1.90. The predicted molar refractivity (Wildman–Crippen MR) is 81.8 cm³/mol. The van der Waals surface area contributed by atoms with Crippen molar-refractivity contribution in [3.8, 4) is 5.75 Å². The first-order valence-electron chi connectivity index (χ1n) is 8.14. The molecule has 0 unspecified atom stereocenters. The summed E-state index contributed by atoms with van der Waals surface area (Å²) < 4.78 is 13.8. The molecule has 0 atom stereocenters. The van der Waals surface area contributed by atoms with Crippen molar-refractivity contribution in [1.82, 2.24) is 0 Å². The Labute approximate surface area is 126 Å². The van der Waals surface area contributed by atoms with Gasteiger partial charge in [-0.25, -0.2) is 4.39 Å². The van der Waals surface area contributed by atoms with E-state index in [1.165, 1.54) is 31.4 Å². The van der Waals surface area contributed by atoms with Crippen LogP contribution in [0.2, 0.25) is 0 Å². The highest BCUT2D eigenvalue weighted by Crippen LogP contribution is 2.74. The molecule has 4 fully saturated rings. The molecule has 21 heavy (non-hydrogen) atoms. The fraction of sp³-hybridized carbons (Fsp3) is 0.684. The van der Waals surface area contributed by atoms with Crippen molar-refractivity contribution < 1.29 is 9.50 Å². The molecule has 4 bridgehead atoms. The van der Waals surface area contributed by atoms with Gasteiger partial charge in [-0.1, -0.05) is 20.8 Å². The molecule has 5 rings (SSSR count). The molecule has 4 saturated carbocycles. The number of phenolic OH excluding ortho intramolecular Hbond substituents is 1. The van der Waals surface area contributed by atoms with Crippen molar-refractivity contribution >= 4 is 0 Å². The van der Waals surface area contributed by atoms with E-state index in [4.69, 9.17) is 0 Å². The summed E-state index contributed by atoms with van der Waals surface area (Å²) in [6.07, 6.45) is 7.15. The highest BCUT2D eigenvalue weighted by molar-refractivity contribution is 5.42. The van der Waals surface area contributed by atoms with Gasteiger partial charge in [0.1, 0.15) is 11.6 Å². The summed E-state index contributed by atoms with van der Waals surface area (Å²) in [5.41, 5.74) is 1.87. The Kier molecular flexibility index (Phi) is 2.36. The Bertz CT molecular complexity index is 566. The molecule has 0 spiro atoms. The zero-order valence-corrected chi connectivity index (χ0v) is 13.3. The number of aromatic hydroxyl groups is 1. The van der Waals surface area contributed by atoms with Gasteiger partial charge in [0.2, 0.25) is 0 Å². The zero-order chi connectivity index (χ0) is 15.1. The van der Waals surface area contributed by atoms with Crippen LogP contribution < -0.4 is 0 Å². The summed E-state index contributed by atoms with van der Waals surface area (Å²) in [6.45, 7) is 7.23. The first-order valence-corrected chi connectivity index (χ1v) is 8.14. The first-order chi connectivity index (χ1) is 9.65. The van der Waals surface area contributed by atoms with Crippen LogP contribution in [0.1, 0.15) is 64.9 Å². The fourth-order valence-corrected chi connectivity index (χ4v) is 7.51. The Morgan fingerprint density at radius 3 is 1.81 bits per heavy atom. The number of halogens is 1. The Morgan fingerprint density at radius 2 is 1.33 bits per heavy atom. The van der Waals surface area contributed by atoms with Crippen LogP contribution in [0.4, 0.5) is 4.39 Å². The minimum absolute atomic E-state index is 0.0286. The van der Waals surface area contributed by atoms with Gasteiger partial charge < -0.3 is 5.11 Å². The monoisotopic (exact) mass is 288 g/mol. The third-order valence-corrected chi connectivity index (χ3v) is 6.39. The van der Waals surface area contributed by atoms with Crippen LogP contribution in [-0.4, -0.2) is 5.11 Å².